The van der Waals surface area contributed by atoms with Gasteiger partial charge in [-0.2, -0.15) is 0 Å². The van der Waals surface area contributed by atoms with Gasteiger partial charge in [-0.05, 0) is 36.6 Å². The van der Waals surface area contributed by atoms with Crippen LogP contribution in [0.2, 0.25) is 0 Å². The van der Waals surface area contributed by atoms with Crippen LogP contribution >= 0.6 is 0 Å². The Hall–Kier alpha value is -2.62. The summed E-state index contributed by atoms with van der Waals surface area (Å²) < 4.78 is 0. The molecule has 0 aromatic heterocycles. The number of hydrogen-bond donors (Lipinski definition) is 1. The molecule has 4 rings (SSSR count). The van der Waals surface area contributed by atoms with E-state index in [0.29, 0.717) is 18.0 Å². The van der Waals surface area contributed by atoms with Crippen LogP contribution in [0.25, 0.3) is 0 Å². The SMILES string of the molecule is O=C(c1ccccc1)N1C[C@@H]2CC/C(=N/O)c3cccc1c32. The highest BCUT2D eigenvalue weighted by atomic mass is 16.4. The smallest absolute Gasteiger partial charge is 0.258 e. The molecule has 0 saturated heterocycles. The number of benzene rings is 2. The third kappa shape index (κ3) is 1.84. The first-order valence-corrected chi connectivity index (χ1v) is 7.50. The first-order chi connectivity index (χ1) is 10.8. The second-order valence-electron chi connectivity index (χ2n) is 5.80. The minimum absolute atomic E-state index is 0.0332. The maximum Gasteiger partial charge on any atom is 0.258 e. The summed E-state index contributed by atoms with van der Waals surface area (Å²) >= 11 is 0. The molecule has 0 spiro atoms. The molecule has 22 heavy (non-hydrogen) atoms. The number of amides is 1. The van der Waals surface area contributed by atoms with Crippen molar-refractivity contribution < 1.29 is 10.0 Å². The summed E-state index contributed by atoms with van der Waals surface area (Å²) in [5.74, 6) is 0.371. The molecule has 0 fully saturated rings. The molecule has 2 aromatic carbocycles. The third-order valence-electron chi connectivity index (χ3n) is 4.61. The Balaban J connectivity index is 1.80. The van der Waals surface area contributed by atoms with Crippen LogP contribution in [0.15, 0.2) is 53.7 Å². The molecule has 1 aliphatic carbocycles. The maximum atomic E-state index is 12.8. The molecule has 110 valence electrons. The average Bonchev–Trinajstić information content (AvgIpc) is 2.96. The molecular formula is C18H16N2O2. The van der Waals surface area contributed by atoms with Gasteiger partial charge in [-0.25, -0.2) is 0 Å². The molecule has 0 bridgehead atoms. The summed E-state index contributed by atoms with van der Waals surface area (Å²) in [6.45, 7) is 0.707. The van der Waals surface area contributed by atoms with Crippen molar-refractivity contribution in [2.24, 2.45) is 5.16 Å². The fourth-order valence-corrected chi connectivity index (χ4v) is 3.59. The number of oxime groups is 1. The van der Waals surface area contributed by atoms with Gasteiger partial charge in [-0.3, -0.25) is 4.79 Å². The predicted molar refractivity (Wildman–Crippen MR) is 84.9 cm³/mol. The van der Waals surface area contributed by atoms with Crippen molar-refractivity contribution in [3.8, 4) is 0 Å². The number of anilines is 1. The lowest BCUT2D eigenvalue weighted by Crippen LogP contribution is -2.29. The Kier molecular flexibility index (Phi) is 2.96. The molecule has 0 saturated carbocycles. The number of hydrogen-bond acceptors (Lipinski definition) is 3. The normalized spacial score (nSPS) is 21.0. The van der Waals surface area contributed by atoms with Crippen LogP contribution in [-0.4, -0.2) is 23.4 Å². The number of carbonyl (C=O) groups excluding carboxylic acids is 1. The van der Waals surface area contributed by atoms with E-state index < -0.39 is 0 Å². The predicted octanol–water partition coefficient (Wildman–Crippen LogP) is 3.40. The van der Waals surface area contributed by atoms with Crippen LogP contribution in [-0.2, 0) is 0 Å². The Morgan fingerprint density at radius 1 is 1.14 bits per heavy atom. The van der Waals surface area contributed by atoms with E-state index in [1.54, 1.807) is 0 Å². The molecule has 4 nitrogen and oxygen atoms in total. The van der Waals surface area contributed by atoms with E-state index >= 15 is 0 Å². The van der Waals surface area contributed by atoms with Crippen LogP contribution in [0, 0.1) is 0 Å². The van der Waals surface area contributed by atoms with Gasteiger partial charge in [0.25, 0.3) is 5.91 Å². The lowest BCUT2D eigenvalue weighted by atomic mass is 9.83. The van der Waals surface area contributed by atoms with E-state index in [4.69, 9.17) is 0 Å². The molecular weight excluding hydrogens is 276 g/mol. The Labute approximate surface area is 128 Å². The fraction of sp³-hybridized carbons (Fsp3) is 0.222. The largest absolute Gasteiger partial charge is 0.411 e. The molecule has 0 radical (unpaired) electrons. The first kappa shape index (κ1) is 13.1. The monoisotopic (exact) mass is 292 g/mol. The standard InChI is InChI=1S/C18H16N2O2/c21-18(12-5-2-1-3-6-12)20-11-13-9-10-15(19-22)14-7-4-8-16(20)17(13)14/h1-8,13,22H,9-11H2/b19-15-/t13-/m0/s1. The second kappa shape index (κ2) is 4.98. The van der Waals surface area contributed by atoms with Crippen molar-refractivity contribution in [2.45, 2.75) is 18.8 Å². The van der Waals surface area contributed by atoms with Crippen molar-refractivity contribution in [1.82, 2.24) is 0 Å². The number of rotatable bonds is 1. The molecule has 4 heteroatoms. The Bertz CT molecular complexity index is 768. The topological polar surface area (TPSA) is 52.9 Å². The van der Waals surface area contributed by atoms with Crippen LogP contribution < -0.4 is 4.90 Å². The Morgan fingerprint density at radius 2 is 1.95 bits per heavy atom. The molecule has 0 unspecified atom stereocenters. The summed E-state index contributed by atoms with van der Waals surface area (Å²) in [6, 6.07) is 15.3. The zero-order valence-electron chi connectivity index (χ0n) is 12.1. The highest BCUT2D eigenvalue weighted by Gasteiger charge is 2.37. The summed E-state index contributed by atoms with van der Waals surface area (Å²) in [4.78, 5) is 14.7. The van der Waals surface area contributed by atoms with Gasteiger partial charge in [0.15, 0.2) is 0 Å². The summed E-state index contributed by atoms with van der Waals surface area (Å²) in [7, 11) is 0. The van der Waals surface area contributed by atoms with Gasteiger partial charge in [-0.15, -0.1) is 0 Å². The van der Waals surface area contributed by atoms with Crippen molar-refractivity contribution in [2.75, 3.05) is 11.4 Å². The molecule has 1 heterocycles. The van der Waals surface area contributed by atoms with Gasteiger partial charge in [0.1, 0.15) is 0 Å². The molecule has 1 atom stereocenters. The zero-order valence-corrected chi connectivity index (χ0v) is 12.1. The summed E-state index contributed by atoms with van der Waals surface area (Å²) in [6.07, 6.45) is 1.67. The number of nitrogens with zero attached hydrogens (tertiary/aromatic N) is 2. The highest BCUT2D eigenvalue weighted by molar-refractivity contribution is 6.10. The van der Waals surface area contributed by atoms with E-state index in [9.17, 15) is 10.0 Å². The molecule has 2 aromatic rings. The van der Waals surface area contributed by atoms with Gasteiger partial charge in [0, 0.05) is 29.3 Å². The van der Waals surface area contributed by atoms with Gasteiger partial charge in [0.2, 0.25) is 0 Å². The minimum Gasteiger partial charge on any atom is -0.411 e. The summed E-state index contributed by atoms with van der Waals surface area (Å²) in [5, 5.41) is 12.6. The van der Waals surface area contributed by atoms with Gasteiger partial charge in [0.05, 0.1) is 5.71 Å². The maximum absolute atomic E-state index is 12.8. The van der Waals surface area contributed by atoms with E-state index in [1.807, 2.05) is 53.4 Å². The van der Waals surface area contributed by atoms with Gasteiger partial charge in [-0.1, -0.05) is 35.5 Å². The molecule has 1 N–H and O–H groups in total. The van der Waals surface area contributed by atoms with E-state index in [1.165, 1.54) is 0 Å². The lowest BCUT2D eigenvalue weighted by molar-refractivity contribution is 0.0988. The van der Waals surface area contributed by atoms with Crippen molar-refractivity contribution >= 4 is 17.3 Å². The van der Waals surface area contributed by atoms with Gasteiger partial charge >= 0.3 is 0 Å². The highest BCUT2D eigenvalue weighted by Crippen LogP contribution is 2.44. The van der Waals surface area contributed by atoms with Crippen LogP contribution in [0.3, 0.4) is 0 Å². The van der Waals surface area contributed by atoms with Gasteiger partial charge < -0.3 is 10.1 Å². The fourth-order valence-electron chi connectivity index (χ4n) is 3.59. The van der Waals surface area contributed by atoms with E-state index in [-0.39, 0.29) is 5.91 Å². The Morgan fingerprint density at radius 3 is 2.73 bits per heavy atom. The van der Waals surface area contributed by atoms with Crippen molar-refractivity contribution in [3.63, 3.8) is 0 Å². The van der Waals surface area contributed by atoms with Crippen LogP contribution in [0.5, 0.6) is 0 Å². The van der Waals surface area contributed by atoms with Crippen LogP contribution in [0.4, 0.5) is 5.69 Å². The minimum atomic E-state index is 0.0332. The molecule has 1 amide bonds. The molecule has 2 aliphatic rings. The average molecular weight is 292 g/mol. The second-order valence-corrected chi connectivity index (χ2v) is 5.80. The lowest BCUT2D eigenvalue weighted by Gasteiger charge is -2.20. The summed E-state index contributed by atoms with van der Waals surface area (Å²) in [5.41, 5.74) is 4.53. The van der Waals surface area contributed by atoms with E-state index in [0.717, 1.165) is 35.4 Å². The quantitative estimate of drug-likeness (QED) is 0.647. The van der Waals surface area contributed by atoms with E-state index in [2.05, 4.69) is 5.16 Å². The first-order valence-electron chi connectivity index (χ1n) is 7.50. The number of carbonyl (C=O) groups is 1. The van der Waals surface area contributed by atoms with Crippen molar-refractivity contribution in [1.29, 1.82) is 0 Å². The third-order valence-corrected chi connectivity index (χ3v) is 4.61. The molecule has 1 aliphatic heterocycles. The van der Waals surface area contributed by atoms with Crippen molar-refractivity contribution in [3.05, 3.63) is 65.2 Å². The van der Waals surface area contributed by atoms with Crippen LogP contribution in [0.1, 0.15) is 40.2 Å². The zero-order chi connectivity index (χ0) is 15.1.